The van der Waals surface area contributed by atoms with Crippen molar-refractivity contribution in [3.63, 3.8) is 0 Å². The molecule has 0 aliphatic heterocycles. The summed E-state index contributed by atoms with van der Waals surface area (Å²) in [5, 5.41) is 16.5. The number of nitrogens with zero attached hydrogens (tertiary/aromatic N) is 4. The van der Waals surface area contributed by atoms with Crippen LogP contribution in [0.2, 0.25) is 0 Å². The predicted molar refractivity (Wildman–Crippen MR) is 107 cm³/mol. The number of pyridine rings is 1. The Kier molecular flexibility index (Phi) is 5.58. The maximum absolute atomic E-state index is 12.1. The van der Waals surface area contributed by atoms with Gasteiger partial charge in [-0.2, -0.15) is 5.26 Å². The van der Waals surface area contributed by atoms with Gasteiger partial charge in [0, 0.05) is 5.69 Å². The third kappa shape index (κ3) is 4.46. The van der Waals surface area contributed by atoms with Crippen molar-refractivity contribution in [2.24, 2.45) is 7.05 Å². The monoisotopic (exact) mass is 406 g/mol. The van der Waals surface area contributed by atoms with Crippen LogP contribution < -0.4 is 10.00 Å². The predicted octanol–water partition coefficient (Wildman–Crippen LogP) is 2.77. The molecule has 0 radical (unpaired) electrons. The van der Waals surface area contributed by atoms with E-state index in [9.17, 15) is 10.1 Å². The number of thioether (sulfide) groups is 1. The van der Waals surface area contributed by atoms with E-state index in [1.807, 2.05) is 12.1 Å². The lowest BCUT2D eigenvalue weighted by Crippen LogP contribution is -2.28. The number of rotatable bonds is 5. The highest BCUT2D eigenvalue weighted by molar-refractivity contribution is 8.00. The zero-order chi connectivity index (χ0) is 20.2. The molecule has 8 heteroatoms. The molecular weight excluding hydrogens is 386 g/mol. The lowest BCUT2D eigenvalue weighted by molar-refractivity contribution is -0.739. The van der Waals surface area contributed by atoms with Gasteiger partial charge in [-0.1, -0.05) is 46.8 Å². The van der Waals surface area contributed by atoms with E-state index in [0.29, 0.717) is 16.5 Å². The molecule has 1 aliphatic rings. The highest BCUT2D eigenvalue weighted by Gasteiger charge is 2.23. The van der Waals surface area contributed by atoms with E-state index in [1.54, 1.807) is 13.2 Å². The van der Waals surface area contributed by atoms with Crippen molar-refractivity contribution < 1.29 is 14.0 Å². The summed E-state index contributed by atoms with van der Waals surface area (Å²) in [6.45, 7) is 0. The number of fused-ring (bicyclic) bond motifs is 1. The van der Waals surface area contributed by atoms with E-state index in [2.05, 4.69) is 40.9 Å². The summed E-state index contributed by atoms with van der Waals surface area (Å²) in [7, 11) is 1.70. The Morgan fingerprint density at radius 2 is 2.24 bits per heavy atom. The molecule has 3 aromatic rings. The van der Waals surface area contributed by atoms with Crippen LogP contribution in [-0.2, 0) is 24.7 Å². The van der Waals surface area contributed by atoms with Crippen LogP contribution in [0.5, 0.6) is 0 Å². The Bertz CT molecular complexity index is 1070. The number of hydrogen-bond donors (Lipinski definition) is 1. The Morgan fingerprint density at radius 3 is 2.97 bits per heavy atom. The highest BCUT2D eigenvalue weighted by Crippen LogP contribution is 2.34. The zero-order valence-corrected chi connectivity index (χ0v) is 16.8. The number of benzene rings is 1. The fourth-order valence-electron chi connectivity index (χ4n) is 3.53. The van der Waals surface area contributed by atoms with Crippen molar-refractivity contribution in [1.29, 1.82) is 5.26 Å². The van der Waals surface area contributed by atoms with Crippen molar-refractivity contribution in [1.82, 2.24) is 10.3 Å². The molecule has 4 rings (SSSR count). The van der Waals surface area contributed by atoms with Gasteiger partial charge in [0.2, 0.25) is 5.91 Å². The van der Waals surface area contributed by atoms with Crippen LogP contribution >= 0.6 is 11.8 Å². The molecule has 0 spiro atoms. The SMILES string of the molecule is C[n+]1cc(NC(=O)CSc2nc3c(cc2C#N)CC(c2ccccc2)CC3)on1. The molecule has 0 saturated heterocycles. The second-order valence-corrected chi connectivity index (χ2v) is 7.95. The number of aromatic nitrogens is 3. The van der Waals surface area contributed by atoms with E-state index >= 15 is 0 Å². The number of carbonyl (C=O) groups is 1. The van der Waals surface area contributed by atoms with Crippen molar-refractivity contribution in [2.45, 2.75) is 30.2 Å². The fraction of sp³-hybridized carbons (Fsp3) is 0.286. The van der Waals surface area contributed by atoms with Crippen LogP contribution in [0.1, 0.15) is 34.7 Å². The first-order valence-corrected chi connectivity index (χ1v) is 10.3. The molecule has 1 aromatic carbocycles. The number of hydrogen-bond acceptors (Lipinski definition) is 6. The molecule has 1 atom stereocenters. The molecule has 0 saturated carbocycles. The number of carbonyl (C=O) groups excluding carboxylic acids is 1. The normalized spacial score (nSPS) is 15.4. The van der Waals surface area contributed by atoms with Gasteiger partial charge in [-0.3, -0.25) is 14.6 Å². The summed E-state index contributed by atoms with van der Waals surface area (Å²) < 4.78 is 6.42. The largest absolute Gasteiger partial charge is 0.302 e. The van der Waals surface area contributed by atoms with Gasteiger partial charge in [0.15, 0.2) is 12.3 Å². The molecule has 0 fully saturated rings. The topological polar surface area (TPSA) is 95.7 Å². The van der Waals surface area contributed by atoms with Gasteiger partial charge in [0.25, 0.3) is 6.20 Å². The van der Waals surface area contributed by atoms with Crippen LogP contribution in [0.25, 0.3) is 0 Å². The Labute approximate surface area is 172 Å². The minimum Gasteiger partial charge on any atom is -0.288 e. The second kappa shape index (κ2) is 8.45. The summed E-state index contributed by atoms with van der Waals surface area (Å²) in [6, 6.07) is 14.6. The Morgan fingerprint density at radius 1 is 1.41 bits per heavy atom. The van der Waals surface area contributed by atoms with Crippen LogP contribution in [0, 0.1) is 11.3 Å². The minimum absolute atomic E-state index is 0.136. The van der Waals surface area contributed by atoms with Crippen molar-refractivity contribution >= 4 is 23.6 Å². The molecule has 2 heterocycles. The van der Waals surface area contributed by atoms with Crippen molar-refractivity contribution in [3.8, 4) is 6.07 Å². The molecule has 1 amide bonds. The molecule has 0 bridgehead atoms. The van der Waals surface area contributed by atoms with Gasteiger partial charge >= 0.3 is 5.88 Å². The summed E-state index contributed by atoms with van der Waals surface area (Å²) in [6.07, 6.45) is 4.36. The third-order valence-corrected chi connectivity index (χ3v) is 5.91. The molecule has 1 unspecified atom stereocenters. The average Bonchev–Trinajstić information content (AvgIpc) is 3.16. The van der Waals surface area contributed by atoms with E-state index in [0.717, 1.165) is 30.5 Å². The number of nitrogens with one attached hydrogen (secondary N) is 1. The molecular formula is C21H20N5O2S+. The third-order valence-electron chi connectivity index (χ3n) is 4.92. The van der Waals surface area contributed by atoms with E-state index < -0.39 is 0 Å². The quantitative estimate of drug-likeness (QED) is 0.517. The number of aryl methyl sites for hydroxylation is 2. The second-order valence-electron chi connectivity index (χ2n) is 6.99. The average molecular weight is 406 g/mol. The van der Waals surface area contributed by atoms with Gasteiger partial charge in [-0.15, -0.1) is 0 Å². The maximum Gasteiger partial charge on any atom is 0.302 e. The molecule has 2 aromatic heterocycles. The molecule has 1 aliphatic carbocycles. The molecule has 29 heavy (non-hydrogen) atoms. The first-order chi connectivity index (χ1) is 14.1. The summed E-state index contributed by atoms with van der Waals surface area (Å²) >= 11 is 1.26. The lowest BCUT2D eigenvalue weighted by atomic mass is 9.82. The first-order valence-electron chi connectivity index (χ1n) is 9.35. The summed E-state index contributed by atoms with van der Waals surface area (Å²) in [4.78, 5) is 16.9. The Balaban J connectivity index is 1.45. The lowest BCUT2D eigenvalue weighted by Gasteiger charge is -2.25. The van der Waals surface area contributed by atoms with Gasteiger partial charge in [0.1, 0.15) is 11.1 Å². The van der Waals surface area contributed by atoms with Crippen LogP contribution in [0.3, 0.4) is 0 Å². The fourth-order valence-corrected chi connectivity index (χ4v) is 4.31. The van der Waals surface area contributed by atoms with Crippen LogP contribution in [-0.4, -0.2) is 21.9 Å². The van der Waals surface area contributed by atoms with Crippen LogP contribution in [0.15, 0.2) is 52.1 Å². The number of amides is 1. The van der Waals surface area contributed by atoms with E-state index in [1.165, 1.54) is 22.0 Å². The number of nitriles is 1. The minimum atomic E-state index is -0.237. The molecule has 1 N–H and O–H groups in total. The van der Waals surface area contributed by atoms with Gasteiger partial charge in [0.05, 0.1) is 11.3 Å². The van der Waals surface area contributed by atoms with Crippen molar-refractivity contribution in [3.05, 3.63) is 65.0 Å². The molecule has 7 nitrogen and oxygen atoms in total. The van der Waals surface area contributed by atoms with Gasteiger partial charge in [-0.05, 0) is 42.4 Å². The highest BCUT2D eigenvalue weighted by atomic mass is 32.2. The van der Waals surface area contributed by atoms with Crippen LogP contribution in [0.4, 0.5) is 5.88 Å². The first kappa shape index (κ1) is 19.2. The number of anilines is 1. The molecule has 146 valence electrons. The van der Waals surface area contributed by atoms with E-state index in [4.69, 9.17) is 9.51 Å². The van der Waals surface area contributed by atoms with Gasteiger partial charge in [-0.25, -0.2) is 4.98 Å². The summed E-state index contributed by atoms with van der Waals surface area (Å²) in [5.74, 6) is 0.630. The zero-order valence-electron chi connectivity index (χ0n) is 16.0. The Hall–Kier alpha value is -3.18. The summed E-state index contributed by atoms with van der Waals surface area (Å²) in [5.41, 5.74) is 4.00. The standard InChI is InChI=1S/C21H19N5O2S/c1-26-12-20(28-25-26)24-19(27)13-29-21-17(11-22)10-16-9-15(7-8-18(16)23-21)14-5-3-2-4-6-14/h2-6,10,12,15H,7-9,13H2,1H3/p+1. The van der Waals surface area contributed by atoms with Gasteiger partial charge < -0.3 is 0 Å². The van der Waals surface area contributed by atoms with E-state index in [-0.39, 0.29) is 17.5 Å². The van der Waals surface area contributed by atoms with Crippen molar-refractivity contribution in [2.75, 3.05) is 11.1 Å². The maximum atomic E-state index is 12.1. The smallest absolute Gasteiger partial charge is 0.288 e.